The first-order valence-corrected chi connectivity index (χ1v) is 8.44. The molecule has 0 saturated carbocycles. The number of hydrogen-bond donors (Lipinski definition) is 1. The summed E-state index contributed by atoms with van der Waals surface area (Å²) in [5, 5.41) is 26.6. The molecule has 0 radical (unpaired) electrons. The molecule has 0 amide bonds. The molecule has 2 aromatic heterocycles. The number of nitro benzene ring substituents is 2. The summed E-state index contributed by atoms with van der Waals surface area (Å²) in [4.78, 5) is 40.6. The van der Waals surface area contributed by atoms with E-state index in [4.69, 9.17) is 4.74 Å². The minimum atomic E-state index is -0.758. The molecule has 4 rings (SSSR count). The number of non-ortho nitro benzene ring substituents is 1. The quantitative estimate of drug-likeness (QED) is 0.389. The Morgan fingerprint density at radius 2 is 1.90 bits per heavy atom. The van der Waals surface area contributed by atoms with Gasteiger partial charge in [-0.25, -0.2) is 9.67 Å². The van der Waals surface area contributed by atoms with Crippen molar-refractivity contribution >= 4 is 22.4 Å². The van der Waals surface area contributed by atoms with E-state index in [1.165, 1.54) is 19.4 Å². The molecule has 4 aromatic rings. The van der Waals surface area contributed by atoms with Crippen LogP contribution in [0.25, 0.3) is 28.1 Å². The predicted octanol–water partition coefficient (Wildman–Crippen LogP) is 2.60. The van der Waals surface area contributed by atoms with Crippen molar-refractivity contribution in [1.29, 1.82) is 0 Å². The van der Waals surface area contributed by atoms with Crippen molar-refractivity contribution < 1.29 is 14.6 Å². The molecule has 12 nitrogen and oxygen atoms in total. The number of methoxy groups -OCH3 is 1. The molecule has 2 aromatic carbocycles. The van der Waals surface area contributed by atoms with E-state index in [1.807, 2.05) is 0 Å². The molecule has 150 valence electrons. The van der Waals surface area contributed by atoms with E-state index in [1.54, 1.807) is 24.3 Å². The van der Waals surface area contributed by atoms with E-state index in [2.05, 4.69) is 15.1 Å². The lowest BCUT2D eigenvalue weighted by Crippen LogP contribution is -2.10. The normalized spacial score (nSPS) is 10.8. The van der Waals surface area contributed by atoms with Gasteiger partial charge in [0, 0.05) is 11.6 Å². The maximum atomic E-state index is 12.5. The van der Waals surface area contributed by atoms with Gasteiger partial charge in [0.05, 0.1) is 29.2 Å². The van der Waals surface area contributed by atoms with Crippen LogP contribution in [0.3, 0.4) is 0 Å². The van der Waals surface area contributed by atoms with E-state index in [9.17, 15) is 25.0 Å². The summed E-state index contributed by atoms with van der Waals surface area (Å²) in [5.41, 5.74) is -0.916. The molecule has 0 spiro atoms. The molecule has 0 aliphatic heterocycles. The van der Waals surface area contributed by atoms with Crippen LogP contribution < -0.4 is 10.3 Å². The first kappa shape index (κ1) is 18.7. The number of ether oxygens (including phenoxy) is 1. The number of benzene rings is 2. The summed E-state index contributed by atoms with van der Waals surface area (Å²) in [6.45, 7) is 0. The summed E-state index contributed by atoms with van der Waals surface area (Å²) >= 11 is 0. The van der Waals surface area contributed by atoms with Crippen LogP contribution in [-0.4, -0.2) is 36.7 Å². The molecule has 0 saturated heterocycles. The number of nitrogens with zero attached hydrogens (tertiary/aromatic N) is 5. The van der Waals surface area contributed by atoms with Gasteiger partial charge in [0.25, 0.3) is 11.2 Å². The predicted molar refractivity (Wildman–Crippen MR) is 105 cm³/mol. The van der Waals surface area contributed by atoms with Gasteiger partial charge in [0.15, 0.2) is 5.65 Å². The smallest absolute Gasteiger partial charge is 0.301 e. The van der Waals surface area contributed by atoms with Crippen LogP contribution in [0, 0.1) is 20.2 Å². The Morgan fingerprint density at radius 1 is 1.10 bits per heavy atom. The highest BCUT2D eigenvalue weighted by molar-refractivity contribution is 5.78. The van der Waals surface area contributed by atoms with Gasteiger partial charge in [-0.2, -0.15) is 5.10 Å². The van der Waals surface area contributed by atoms with Crippen molar-refractivity contribution in [3.05, 3.63) is 79.2 Å². The summed E-state index contributed by atoms with van der Waals surface area (Å²) in [5.74, 6) is 0.757. The second-order valence-electron chi connectivity index (χ2n) is 6.13. The maximum Gasteiger partial charge on any atom is 0.301 e. The summed E-state index contributed by atoms with van der Waals surface area (Å²) in [6.07, 6.45) is 1.22. The zero-order valence-corrected chi connectivity index (χ0v) is 15.3. The van der Waals surface area contributed by atoms with Crippen molar-refractivity contribution in [2.75, 3.05) is 7.11 Å². The van der Waals surface area contributed by atoms with Crippen LogP contribution >= 0.6 is 0 Å². The third-order valence-electron chi connectivity index (χ3n) is 4.38. The third kappa shape index (κ3) is 3.11. The molecule has 1 N–H and O–H groups in total. The van der Waals surface area contributed by atoms with Gasteiger partial charge in [-0.05, 0) is 18.2 Å². The summed E-state index contributed by atoms with van der Waals surface area (Å²) in [6, 6.07) is 9.96. The number of aromatic nitrogens is 4. The van der Waals surface area contributed by atoms with Gasteiger partial charge in [-0.3, -0.25) is 25.0 Å². The molecule has 30 heavy (non-hydrogen) atoms. The highest BCUT2D eigenvalue weighted by atomic mass is 16.6. The van der Waals surface area contributed by atoms with E-state index < -0.39 is 26.8 Å². The average molecular weight is 408 g/mol. The SMILES string of the molecule is COc1cccc(-c2nc3c(cnn3-c3ccc([N+](=O)[O-])cc3[N+](=O)[O-])c(=O)[nH]2)c1. The van der Waals surface area contributed by atoms with Gasteiger partial charge in [-0.15, -0.1) is 0 Å². The van der Waals surface area contributed by atoms with Crippen molar-refractivity contribution in [2.45, 2.75) is 0 Å². The van der Waals surface area contributed by atoms with E-state index in [0.29, 0.717) is 11.3 Å². The molecular formula is C18H12N6O6. The van der Waals surface area contributed by atoms with Gasteiger partial charge >= 0.3 is 5.69 Å². The average Bonchev–Trinajstić information content (AvgIpc) is 3.17. The van der Waals surface area contributed by atoms with Crippen LogP contribution in [0.5, 0.6) is 5.75 Å². The van der Waals surface area contributed by atoms with E-state index in [-0.39, 0.29) is 22.5 Å². The Balaban J connectivity index is 1.95. The fourth-order valence-electron chi connectivity index (χ4n) is 2.95. The first-order valence-electron chi connectivity index (χ1n) is 8.44. The van der Waals surface area contributed by atoms with E-state index in [0.717, 1.165) is 16.8 Å². The number of nitro groups is 2. The minimum Gasteiger partial charge on any atom is -0.497 e. The molecule has 0 unspecified atom stereocenters. The molecule has 2 heterocycles. The Labute approximate surface area is 166 Å². The number of aromatic amines is 1. The second kappa shape index (κ2) is 7.09. The largest absolute Gasteiger partial charge is 0.497 e. The van der Waals surface area contributed by atoms with Crippen molar-refractivity contribution in [1.82, 2.24) is 19.7 Å². The van der Waals surface area contributed by atoms with Crippen molar-refractivity contribution in [2.24, 2.45) is 0 Å². The Hall–Kier alpha value is -4.61. The lowest BCUT2D eigenvalue weighted by atomic mass is 10.2. The number of nitrogens with one attached hydrogen (secondary N) is 1. The minimum absolute atomic E-state index is 0.0599. The maximum absolute atomic E-state index is 12.5. The highest BCUT2D eigenvalue weighted by Crippen LogP contribution is 2.29. The first-order chi connectivity index (χ1) is 14.4. The monoisotopic (exact) mass is 408 g/mol. The molecular weight excluding hydrogens is 396 g/mol. The van der Waals surface area contributed by atoms with Gasteiger partial charge in [-0.1, -0.05) is 12.1 Å². The van der Waals surface area contributed by atoms with Crippen LogP contribution in [0.2, 0.25) is 0 Å². The van der Waals surface area contributed by atoms with E-state index >= 15 is 0 Å². The Kier molecular flexibility index (Phi) is 4.43. The number of fused-ring (bicyclic) bond motifs is 1. The molecule has 0 aliphatic rings. The second-order valence-corrected chi connectivity index (χ2v) is 6.13. The highest BCUT2D eigenvalue weighted by Gasteiger charge is 2.23. The summed E-state index contributed by atoms with van der Waals surface area (Å²) in [7, 11) is 1.50. The van der Waals surface area contributed by atoms with Gasteiger partial charge < -0.3 is 9.72 Å². The van der Waals surface area contributed by atoms with Crippen molar-refractivity contribution in [3.63, 3.8) is 0 Å². The van der Waals surface area contributed by atoms with Crippen LogP contribution in [0.4, 0.5) is 11.4 Å². The molecule has 0 bridgehead atoms. The molecule has 12 heteroatoms. The van der Waals surface area contributed by atoms with Crippen LogP contribution in [0.1, 0.15) is 0 Å². The standard InChI is InChI=1S/C18H12N6O6/c1-30-12-4-2-3-10(7-12)16-20-17-13(18(25)21-16)9-19-22(17)14-6-5-11(23(26)27)8-15(14)24(28)29/h2-9H,1H3,(H,20,21,25). The zero-order valence-electron chi connectivity index (χ0n) is 15.3. The van der Waals surface area contributed by atoms with Gasteiger partial charge in [0.2, 0.25) is 0 Å². The van der Waals surface area contributed by atoms with Crippen LogP contribution in [-0.2, 0) is 0 Å². The fraction of sp³-hybridized carbons (Fsp3) is 0.0556. The fourth-order valence-corrected chi connectivity index (χ4v) is 2.95. The zero-order chi connectivity index (χ0) is 21.4. The Bertz CT molecular complexity index is 1380. The topological polar surface area (TPSA) is 159 Å². The summed E-state index contributed by atoms with van der Waals surface area (Å²) < 4.78 is 6.28. The van der Waals surface area contributed by atoms with Crippen molar-refractivity contribution in [3.8, 4) is 22.8 Å². The van der Waals surface area contributed by atoms with Gasteiger partial charge in [0.1, 0.15) is 22.6 Å². The number of hydrogen-bond acceptors (Lipinski definition) is 8. The lowest BCUT2D eigenvalue weighted by molar-refractivity contribution is -0.394. The Morgan fingerprint density at radius 3 is 2.60 bits per heavy atom. The lowest BCUT2D eigenvalue weighted by Gasteiger charge is -2.07. The molecule has 0 fully saturated rings. The third-order valence-corrected chi connectivity index (χ3v) is 4.38. The molecule has 0 aliphatic carbocycles. The number of H-pyrrole nitrogens is 1. The van der Waals surface area contributed by atoms with Crippen LogP contribution in [0.15, 0.2) is 53.5 Å². The molecule has 0 atom stereocenters. The number of rotatable bonds is 5.